The first-order valence-electron chi connectivity index (χ1n) is 6.88. The minimum Gasteiger partial charge on any atom is -0.480 e. The molecule has 0 bridgehead atoms. The molecule has 0 spiro atoms. The number of carbonyl (C=O) groups excluding carboxylic acids is 1. The molecule has 0 fully saturated rings. The third-order valence-corrected chi connectivity index (χ3v) is 4.81. The van der Waals surface area contributed by atoms with Gasteiger partial charge in [-0.15, -0.1) is 0 Å². The normalized spacial score (nSPS) is 17.4. The Morgan fingerprint density at radius 2 is 1.58 bits per heavy atom. The second-order valence-corrected chi connectivity index (χ2v) is 7.30. The van der Waals surface area contributed by atoms with Gasteiger partial charge in [-0.3, -0.25) is 4.79 Å². The zero-order chi connectivity index (χ0) is 16.6. The van der Waals surface area contributed by atoms with Gasteiger partial charge in [0, 0.05) is 6.26 Å². The minimum atomic E-state index is -3.31. The van der Waals surface area contributed by atoms with Crippen molar-refractivity contribution in [2.24, 2.45) is 0 Å². The first-order chi connectivity index (χ1) is 10.9. The lowest BCUT2D eigenvalue weighted by atomic mass is 9.88. The lowest BCUT2D eigenvalue weighted by Gasteiger charge is -2.11. The summed E-state index contributed by atoms with van der Waals surface area (Å²) in [6.45, 7) is 0. The molecule has 1 heterocycles. The van der Waals surface area contributed by atoms with Gasteiger partial charge < -0.3 is 15.3 Å². The molecule has 2 aromatic rings. The molecule has 0 aliphatic carbocycles. The van der Waals surface area contributed by atoms with E-state index in [1.807, 2.05) is 6.07 Å². The fourth-order valence-corrected chi connectivity index (χ4v) is 3.20. The van der Waals surface area contributed by atoms with Crippen LogP contribution in [0.25, 0.3) is 5.57 Å². The molecule has 6 nitrogen and oxygen atoms in total. The van der Waals surface area contributed by atoms with Gasteiger partial charge in [0.25, 0.3) is 5.95 Å². The van der Waals surface area contributed by atoms with Crippen molar-refractivity contribution in [3.63, 3.8) is 0 Å². The highest BCUT2D eigenvalue weighted by Gasteiger charge is 2.38. The van der Waals surface area contributed by atoms with Gasteiger partial charge in [0.1, 0.15) is 5.92 Å². The molecule has 0 radical (unpaired) electrons. The molecule has 0 saturated heterocycles. The molecule has 126 valence electrons. The average molecular weight is 348 g/mol. The standard InChI is InChI=1S/C17H14O5S.H2O/c1-23(20,21)13-9-7-12(8-10-13)15-14(16(18)22-17(15)19)11-5-3-2-4-6-11;/h2-10,14,19H,1H3;1H2. The van der Waals surface area contributed by atoms with Gasteiger partial charge >= 0.3 is 5.97 Å². The van der Waals surface area contributed by atoms with Crippen LogP contribution in [0.1, 0.15) is 17.0 Å². The van der Waals surface area contributed by atoms with Gasteiger partial charge in [-0.05, 0) is 23.3 Å². The topological polar surface area (TPSA) is 112 Å². The molecule has 24 heavy (non-hydrogen) atoms. The van der Waals surface area contributed by atoms with Crippen molar-refractivity contribution in [1.82, 2.24) is 0 Å². The van der Waals surface area contributed by atoms with E-state index in [4.69, 9.17) is 4.74 Å². The first kappa shape index (κ1) is 17.7. The molecule has 1 unspecified atom stereocenters. The molecule has 0 aromatic heterocycles. The predicted molar refractivity (Wildman–Crippen MR) is 88.0 cm³/mol. The highest BCUT2D eigenvalue weighted by Crippen LogP contribution is 2.40. The van der Waals surface area contributed by atoms with E-state index in [0.717, 1.165) is 6.26 Å². The third kappa shape index (κ3) is 3.17. The molecule has 1 aliphatic heterocycles. The fraction of sp³-hybridized carbons (Fsp3) is 0.118. The smallest absolute Gasteiger partial charge is 0.326 e. The number of hydrogen-bond acceptors (Lipinski definition) is 5. The van der Waals surface area contributed by atoms with Gasteiger partial charge in [0.2, 0.25) is 0 Å². The number of hydrogen-bond donors (Lipinski definition) is 1. The zero-order valence-electron chi connectivity index (χ0n) is 12.8. The van der Waals surface area contributed by atoms with Crippen molar-refractivity contribution >= 4 is 21.4 Å². The van der Waals surface area contributed by atoms with E-state index < -0.39 is 27.7 Å². The summed E-state index contributed by atoms with van der Waals surface area (Å²) in [5, 5.41) is 9.99. The second kappa shape index (κ2) is 6.46. The lowest BCUT2D eigenvalue weighted by Crippen LogP contribution is -2.09. The highest BCUT2D eigenvalue weighted by atomic mass is 32.2. The van der Waals surface area contributed by atoms with Crippen molar-refractivity contribution in [1.29, 1.82) is 0 Å². The van der Waals surface area contributed by atoms with E-state index in [2.05, 4.69) is 0 Å². The van der Waals surface area contributed by atoms with Crippen LogP contribution in [-0.2, 0) is 19.4 Å². The van der Waals surface area contributed by atoms with E-state index in [1.165, 1.54) is 12.1 Å². The molecule has 0 saturated carbocycles. The number of cyclic esters (lactones) is 1. The Morgan fingerprint density at radius 1 is 1.00 bits per heavy atom. The van der Waals surface area contributed by atoms with Crippen molar-refractivity contribution < 1.29 is 28.5 Å². The molecule has 1 aliphatic rings. The maximum absolute atomic E-state index is 12.1. The Bertz CT molecular complexity index is 882. The Kier molecular flexibility index (Phi) is 4.77. The maximum Gasteiger partial charge on any atom is 0.326 e. The van der Waals surface area contributed by atoms with Crippen LogP contribution in [0.3, 0.4) is 0 Å². The monoisotopic (exact) mass is 348 g/mol. The van der Waals surface area contributed by atoms with Crippen molar-refractivity contribution in [3.8, 4) is 0 Å². The van der Waals surface area contributed by atoms with Crippen LogP contribution in [-0.4, -0.2) is 31.2 Å². The summed E-state index contributed by atoms with van der Waals surface area (Å²) >= 11 is 0. The van der Waals surface area contributed by atoms with Crippen LogP contribution in [0, 0.1) is 0 Å². The summed E-state index contributed by atoms with van der Waals surface area (Å²) in [5.41, 5.74) is 1.57. The van der Waals surface area contributed by atoms with Crippen molar-refractivity contribution in [3.05, 3.63) is 71.7 Å². The van der Waals surface area contributed by atoms with Crippen LogP contribution >= 0.6 is 0 Å². The number of esters is 1. The predicted octanol–water partition coefficient (Wildman–Crippen LogP) is 1.83. The number of aliphatic hydroxyl groups excluding tert-OH is 1. The Balaban J connectivity index is 0.00000208. The molecule has 3 N–H and O–H groups in total. The summed E-state index contributed by atoms with van der Waals surface area (Å²) in [6, 6.07) is 15.0. The summed E-state index contributed by atoms with van der Waals surface area (Å²) in [7, 11) is -3.31. The van der Waals surface area contributed by atoms with Crippen LogP contribution in [0.5, 0.6) is 0 Å². The van der Waals surface area contributed by atoms with E-state index >= 15 is 0 Å². The van der Waals surface area contributed by atoms with E-state index in [9.17, 15) is 18.3 Å². The third-order valence-electron chi connectivity index (χ3n) is 3.68. The number of ether oxygens (including phenoxy) is 1. The second-order valence-electron chi connectivity index (χ2n) is 5.28. The number of sulfone groups is 1. The van der Waals surface area contributed by atoms with E-state index in [-0.39, 0.29) is 10.4 Å². The Hall–Kier alpha value is -2.64. The number of carbonyl (C=O) groups is 1. The number of benzene rings is 2. The van der Waals surface area contributed by atoms with Crippen LogP contribution in [0.4, 0.5) is 0 Å². The van der Waals surface area contributed by atoms with Gasteiger partial charge in [-0.25, -0.2) is 8.42 Å². The SMILES string of the molecule is CS(=O)(=O)c1ccc(C2=C(O)OC(=O)C2c2ccccc2)cc1.O. The largest absolute Gasteiger partial charge is 0.480 e. The molecule has 0 amide bonds. The minimum absolute atomic E-state index is 0. The molecule has 3 rings (SSSR count). The fourth-order valence-electron chi connectivity index (χ4n) is 2.57. The van der Waals surface area contributed by atoms with Crippen LogP contribution < -0.4 is 0 Å². The van der Waals surface area contributed by atoms with Crippen LogP contribution in [0.15, 0.2) is 65.4 Å². The van der Waals surface area contributed by atoms with Gasteiger partial charge in [0.15, 0.2) is 9.84 Å². The zero-order valence-corrected chi connectivity index (χ0v) is 13.6. The molecular formula is C17H16O6S. The summed E-state index contributed by atoms with van der Waals surface area (Å²) in [5.74, 6) is -1.74. The summed E-state index contributed by atoms with van der Waals surface area (Å²) < 4.78 is 27.9. The van der Waals surface area contributed by atoms with Crippen molar-refractivity contribution in [2.75, 3.05) is 6.26 Å². The first-order valence-corrected chi connectivity index (χ1v) is 8.77. The van der Waals surface area contributed by atoms with Gasteiger partial charge in [-0.1, -0.05) is 42.5 Å². The van der Waals surface area contributed by atoms with Gasteiger partial charge in [-0.2, -0.15) is 0 Å². The van der Waals surface area contributed by atoms with E-state index in [0.29, 0.717) is 16.7 Å². The number of aliphatic hydroxyl groups is 1. The summed E-state index contributed by atoms with van der Waals surface area (Å²) in [6.07, 6.45) is 1.12. The molecular weight excluding hydrogens is 332 g/mol. The highest BCUT2D eigenvalue weighted by molar-refractivity contribution is 7.90. The van der Waals surface area contributed by atoms with Crippen LogP contribution in [0.2, 0.25) is 0 Å². The quantitative estimate of drug-likeness (QED) is 0.850. The maximum atomic E-state index is 12.1. The summed E-state index contributed by atoms with van der Waals surface area (Å²) in [4.78, 5) is 12.2. The van der Waals surface area contributed by atoms with Crippen molar-refractivity contribution in [2.45, 2.75) is 10.8 Å². The Morgan fingerprint density at radius 3 is 2.12 bits per heavy atom. The molecule has 2 aromatic carbocycles. The molecule has 7 heteroatoms. The Labute approximate surface area is 139 Å². The lowest BCUT2D eigenvalue weighted by molar-refractivity contribution is -0.140. The molecule has 1 atom stereocenters. The van der Waals surface area contributed by atoms with Gasteiger partial charge in [0.05, 0.1) is 10.5 Å². The average Bonchev–Trinajstić information content (AvgIpc) is 2.82. The van der Waals surface area contributed by atoms with E-state index in [1.54, 1.807) is 36.4 Å². The number of rotatable bonds is 3.